The van der Waals surface area contributed by atoms with Crippen molar-refractivity contribution in [2.45, 2.75) is 0 Å². The van der Waals surface area contributed by atoms with E-state index in [1.165, 1.54) is 4.90 Å². The number of ether oxygens (including phenoxy) is 1. The summed E-state index contributed by atoms with van der Waals surface area (Å²) in [4.78, 5) is 14.6. The highest BCUT2D eigenvalue weighted by molar-refractivity contribution is 14.1. The quantitative estimate of drug-likeness (QED) is 0.461. The predicted molar refractivity (Wildman–Crippen MR) is 89.6 cm³/mol. The van der Waals surface area contributed by atoms with Crippen molar-refractivity contribution in [1.29, 1.82) is 0 Å². The summed E-state index contributed by atoms with van der Waals surface area (Å²) in [6.45, 7) is 3.47. The topological polar surface area (TPSA) is 32.8 Å². The van der Waals surface area contributed by atoms with Gasteiger partial charge >= 0.3 is 6.09 Å². The number of carbonyl (C=O) groups excluding carboxylic acids is 1. The Morgan fingerprint density at radius 1 is 1.26 bits per heavy atom. The van der Waals surface area contributed by atoms with Crippen LogP contribution in [0.1, 0.15) is 0 Å². The van der Waals surface area contributed by atoms with Crippen molar-refractivity contribution < 1.29 is 9.53 Å². The second-order valence-electron chi connectivity index (χ2n) is 4.09. The van der Waals surface area contributed by atoms with Gasteiger partial charge in [-0.15, -0.1) is 6.58 Å². The molecule has 0 aliphatic carbocycles. The van der Waals surface area contributed by atoms with Crippen LogP contribution in [-0.4, -0.2) is 43.6 Å². The van der Waals surface area contributed by atoms with E-state index in [9.17, 15) is 4.79 Å². The highest BCUT2D eigenvalue weighted by Gasteiger charge is 2.06. The molecule has 5 heteroatoms. The zero-order valence-electron chi connectivity index (χ0n) is 11.9. The van der Waals surface area contributed by atoms with Crippen molar-refractivity contribution in [1.82, 2.24) is 4.90 Å². The molecule has 1 aromatic rings. The second kappa shape index (κ2) is 9.66. The first-order valence-corrected chi connectivity index (χ1v) is 7.28. The number of anilines is 1. The summed E-state index contributed by atoms with van der Waals surface area (Å²) in [5.74, 6) is 0.555. The molecular weight excluding hydrogens is 355 g/mol. The van der Waals surface area contributed by atoms with Crippen LogP contribution in [0.4, 0.5) is 10.5 Å². The third-order valence-corrected chi connectivity index (χ3v) is 2.66. The number of alkyl halides is 1. The maximum absolute atomic E-state index is 11.2. The van der Waals surface area contributed by atoms with Gasteiger partial charge in [-0.25, -0.2) is 4.79 Å². The van der Waals surface area contributed by atoms with E-state index in [1.54, 1.807) is 26.2 Å². The van der Waals surface area contributed by atoms with Crippen LogP contribution >= 0.6 is 22.6 Å². The Labute approximate surface area is 129 Å². The van der Waals surface area contributed by atoms with E-state index < -0.39 is 0 Å². The molecule has 0 radical (unpaired) electrons. The van der Waals surface area contributed by atoms with Crippen molar-refractivity contribution in [2.75, 3.05) is 37.5 Å². The summed E-state index contributed by atoms with van der Waals surface area (Å²) in [5, 5.41) is 0. The van der Waals surface area contributed by atoms with Gasteiger partial charge in [0.25, 0.3) is 0 Å². The summed E-state index contributed by atoms with van der Waals surface area (Å²) in [6.07, 6.45) is 1.49. The van der Waals surface area contributed by atoms with Crippen LogP contribution in [0.2, 0.25) is 0 Å². The molecule has 0 aliphatic heterocycles. The Hall–Kier alpha value is -1.24. The lowest BCUT2D eigenvalue weighted by Crippen LogP contribution is -2.25. The van der Waals surface area contributed by atoms with Crippen LogP contribution in [-0.2, 0) is 0 Å². The van der Waals surface area contributed by atoms with E-state index in [0.717, 1.165) is 10.1 Å². The molecule has 1 amide bonds. The van der Waals surface area contributed by atoms with Crippen molar-refractivity contribution in [3.8, 4) is 5.75 Å². The number of halogens is 1. The molecule has 0 fully saturated rings. The lowest BCUT2D eigenvalue weighted by atomic mass is 10.3. The van der Waals surface area contributed by atoms with Crippen molar-refractivity contribution in [3.63, 3.8) is 0 Å². The largest absolute Gasteiger partial charge is 0.414 e. The van der Waals surface area contributed by atoms with E-state index in [0.29, 0.717) is 5.75 Å². The van der Waals surface area contributed by atoms with Crippen LogP contribution in [0, 0.1) is 0 Å². The predicted octanol–water partition coefficient (Wildman–Crippen LogP) is 3.42. The van der Waals surface area contributed by atoms with Crippen molar-refractivity contribution in [3.05, 3.63) is 36.9 Å². The Morgan fingerprint density at radius 3 is 2.05 bits per heavy atom. The molecule has 106 valence electrons. The van der Waals surface area contributed by atoms with Crippen LogP contribution in [0.15, 0.2) is 36.9 Å². The maximum Gasteiger partial charge on any atom is 0.414 e. The molecule has 0 N–H and O–H groups in total. The van der Waals surface area contributed by atoms with E-state index in [1.807, 2.05) is 37.2 Å². The lowest BCUT2D eigenvalue weighted by Gasteiger charge is -2.14. The fraction of sp³-hybridized carbons (Fsp3) is 0.357. The maximum atomic E-state index is 11.2. The van der Waals surface area contributed by atoms with Crippen molar-refractivity contribution in [2.24, 2.45) is 0 Å². The Kier molecular flexibility index (Phi) is 9.03. The van der Waals surface area contributed by atoms with Crippen LogP contribution < -0.4 is 9.64 Å². The molecule has 0 heterocycles. The van der Waals surface area contributed by atoms with Gasteiger partial charge in [-0.3, -0.25) is 0 Å². The molecule has 0 saturated carbocycles. The molecule has 0 unspecified atom stereocenters. The second-order valence-corrected chi connectivity index (χ2v) is 4.97. The molecule has 0 bridgehead atoms. The first-order chi connectivity index (χ1) is 8.92. The zero-order chi connectivity index (χ0) is 14.8. The van der Waals surface area contributed by atoms with Crippen LogP contribution in [0.5, 0.6) is 5.75 Å². The van der Waals surface area contributed by atoms with Gasteiger partial charge in [-0.1, -0.05) is 28.7 Å². The number of carbonyl (C=O) groups is 1. The number of hydrogen-bond acceptors (Lipinski definition) is 3. The Morgan fingerprint density at radius 2 is 1.74 bits per heavy atom. The molecule has 19 heavy (non-hydrogen) atoms. The number of benzene rings is 1. The summed E-state index contributed by atoms with van der Waals surface area (Å²) in [7, 11) is 7.22. The summed E-state index contributed by atoms with van der Waals surface area (Å²) >= 11 is 2.23. The monoisotopic (exact) mass is 376 g/mol. The fourth-order valence-electron chi connectivity index (χ4n) is 1.00. The van der Waals surface area contributed by atoms with Gasteiger partial charge in [0.05, 0.1) is 0 Å². The third-order valence-electron chi connectivity index (χ3n) is 2.03. The zero-order valence-corrected chi connectivity index (χ0v) is 14.0. The number of nitrogens with zero attached hydrogens (tertiary/aromatic N) is 2. The van der Waals surface area contributed by atoms with E-state index >= 15 is 0 Å². The minimum atomic E-state index is -0.368. The van der Waals surface area contributed by atoms with Gasteiger partial charge in [0.1, 0.15) is 5.75 Å². The molecule has 0 spiro atoms. The average molecular weight is 376 g/mol. The first-order valence-electron chi connectivity index (χ1n) is 5.75. The molecule has 0 saturated heterocycles. The van der Waals surface area contributed by atoms with E-state index in [2.05, 4.69) is 29.2 Å². The van der Waals surface area contributed by atoms with Crippen molar-refractivity contribution >= 4 is 34.4 Å². The third kappa shape index (κ3) is 7.71. The number of hydrogen-bond donors (Lipinski definition) is 0. The smallest absolute Gasteiger partial charge is 0.410 e. The van der Waals surface area contributed by atoms with Gasteiger partial charge in [0, 0.05) is 38.3 Å². The lowest BCUT2D eigenvalue weighted by molar-refractivity contribution is 0.172. The van der Waals surface area contributed by atoms with Gasteiger partial charge < -0.3 is 14.5 Å². The molecule has 1 aromatic carbocycles. The molecule has 1 rings (SSSR count). The number of amides is 1. The summed E-state index contributed by atoms with van der Waals surface area (Å²) in [6, 6.07) is 7.35. The Balaban J connectivity index is 0.000000711. The normalized spacial score (nSPS) is 8.89. The minimum Gasteiger partial charge on any atom is -0.410 e. The highest BCUT2D eigenvalue weighted by Crippen LogP contribution is 2.17. The Bertz CT molecular complexity index is 389. The SMILES string of the molecule is C=CCI.CN(C)C(=O)Oc1ccc(N(C)C)cc1. The molecular formula is C14H21IN2O2. The first kappa shape index (κ1) is 17.8. The van der Waals surface area contributed by atoms with Gasteiger partial charge in [-0.05, 0) is 24.3 Å². The van der Waals surface area contributed by atoms with E-state index in [-0.39, 0.29) is 6.09 Å². The van der Waals surface area contributed by atoms with Crippen LogP contribution in [0.3, 0.4) is 0 Å². The van der Waals surface area contributed by atoms with Crippen LogP contribution in [0.25, 0.3) is 0 Å². The standard InChI is InChI=1S/C11H16N2O2.C3H5I/c1-12(2)9-5-7-10(8-6-9)15-11(14)13(3)4;1-2-3-4/h5-8H,1-4H3;2H,1,3H2. The number of rotatable bonds is 3. The molecule has 4 nitrogen and oxygen atoms in total. The summed E-state index contributed by atoms with van der Waals surface area (Å²) in [5.41, 5.74) is 1.07. The van der Waals surface area contributed by atoms with Gasteiger partial charge in [0.15, 0.2) is 0 Å². The number of allylic oxidation sites excluding steroid dienone is 1. The molecule has 0 atom stereocenters. The fourth-order valence-corrected chi connectivity index (χ4v) is 1.00. The highest BCUT2D eigenvalue weighted by atomic mass is 127. The molecule has 0 aliphatic rings. The average Bonchev–Trinajstić information content (AvgIpc) is 2.39. The minimum absolute atomic E-state index is 0.368. The van der Waals surface area contributed by atoms with Gasteiger partial charge in [0.2, 0.25) is 0 Å². The summed E-state index contributed by atoms with van der Waals surface area (Å²) < 4.78 is 6.13. The van der Waals surface area contributed by atoms with E-state index in [4.69, 9.17) is 4.74 Å². The molecule has 0 aromatic heterocycles. The van der Waals surface area contributed by atoms with Gasteiger partial charge in [-0.2, -0.15) is 0 Å².